The number of carbonyl (C=O) groups excluding carboxylic acids is 8. The van der Waals surface area contributed by atoms with Crippen molar-refractivity contribution in [3.8, 4) is 12.3 Å². The van der Waals surface area contributed by atoms with Gasteiger partial charge in [-0.3, -0.25) is 57.7 Å². The molecular weight excluding hydrogens is 1040 g/mol. The smallest absolute Gasteiger partial charge is 0.309 e. The van der Waals surface area contributed by atoms with Crippen LogP contribution in [0.5, 0.6) is 0 Å². The van der Waals surface area contributed by atoms with Crippen molar-refractivity contribution in [1.29, 1.82) is 0 Å². The first kappa shape index (κ1) is 66.3. The Morgan fingerprint density at radius 2 is 1.62 bits per heavy atom. The second-order valence-electron chi connectivity index (χ2n) is 20.7. The number of rotatable bonds is 33. The molecule has 0 saturated carbocycles. The molecule has 2 aromatic rings. The number of nitrogens with zero attached hydrogens (tertiary/aromatic N) is 3. The third-order valence-corrected chi connectivity index (χ3v) is 14.4. The van der Waals surface area contributed by atoms with Crippen LogP contribution in [0, 0.1) is 41.4 Å². The summed E-state index contributed by atoms with van der Waals surface area (Å²) in [6.07, 6.45) is 7.34. The molecule has 1 fully saturated rings. The maximum atomic E-state index is 14.9. The van der Waals surface area contributed by atoms with Gasteiger partial charge < -0.3 is 52.6 Å². The van der Waals surface area contributed by atoms with Gasteiger partial charge in [0, 0.05) is 43.2 Å². The molecule has 1 saturated heterocycles. The van der Waals surface area contributed by atoms with E-state index in [9.17, 15) is 58.2 Å². The average Bonchev–Trinajstić information content (AvgIpc) is 3.88. The Kier molecular flexibility index (Phi) is 27.5. The van der Waals surface area contributed by atoms with Gasteiger partial charge in [-0.2, -0.15) is 0 Å². The number of nitrogens with one attached hydrogen (secondary N) is 6. The van der Waals surface area contributed by atoms with Crippen molar-refractivity contribution in [1.82, 2.24) is 36.2 Å². The van der Waals surface area contributed by atoms with Gasteiger partial charge >= 0.3 is 17.9 Å². The number of thiazole rings is 1. The fraction of sp³-hybridized carbons (Fsp3) is 0.611. The van der Waals surface area contributed by atoms with E-state index in [1.165, 1.54) is 38.0 Å². The molecule has 0 aliphatic carbocycles. The number of piperidine rings is 1. The van der Waals surface area contributed by atoms with Crippen molar-refractivity contribution in [2.24, 2.45) is 34.8 Å². The number of carboxylic acid groups (broad SMARTS) is 2. The van der Waals surface area contributed by atoms with Crippen LogP contribution in [0.4, 0.5) is 11.5 Å². The van der Waals surface area contributed by atoms with Gasteiger partial charge in [-0.15, -0.1) is 23.7 Å². The number of nitrogens with two attached hydrogens (primary N) is 1. The van der Waals surface area contributed by atoms with E-state index in [2.05, 4.69) is 47.7 Å². The molecule has 1 aliphatic heterocycles. The zero-order valence-corrected chi connectivity index (χ0v) is 47.3. The Labute approximate surface area is 465 Å². The van der Waals surface area contributed by atoms with Crippen molar-refractivity contribution >= 4 is 82.1 Å². The normalized spacial score (nSPS) is 15.8. The molecule has 25 heteroatoms. The molecule has 0 bridgehead atoms. The number of hydroxylamine groups is 2. The molecule has 0 spiro atoms. The maximum absolute atomic E-state index is 14.9. The van der Waals surface area contributed by atoms with Crippen molar-refractivity contribution in [2.45, 2.75) is 143 Å². The summed E-state index contributed by atoms with van der Waals surface area (Å²) in [6, 6.07) is 4.12. The van der Waals surface area contributed by atoms with Gasteiger partial charge in [0.25, 0.3) is 5.91 Å². The lowest BCUT2D eigenvalue weighted by atomic mass is 9.80. The monoisotopic (exact) mass is 1120 g/mol. The minimum absolute atomic E-state index is 0.0123. The predicted octanol–water partition coefficient (Wildman–Crippen LogP) is 3.33. The molecule has 7 amide bonds. The van der Waals surface area contributed by atoms with Crippen molar-refractivity contribution in [3.63, 3.8) is 0 Å². The summed E-state index contributed by atoms with van der Waals surface area (Å²) in [5, 5.41) is 37.9. The Morgan fingerprint density at radius 3 is 2.22 bits per heavy atom. The third-order valence-electron chi connectivity index (χ3n) is 13.4. The van der Waals surface area contributed by atoms with Gasteiger partial charge in [0.1, 0.15) is 22.8 Å². The highest BCUT2D eigenvalue weighted by Gasteiger charge is 2.42. The maximum Gasteiger partial charge on any atom is 0.309 e. The number of amides is 7. The number of aliphatic carboxylic acids is 2. The van der Waals surface area contributed by atoms with Gasteiger partial charge in [0.2, 0.25) is 35.4 Å². The molecule has 436 valence electrons. The summed E-state index contributed by atoms with van der Waals surface area (Å²) in [5.74, 6) is -7.54. The number of esters is 1. The second-order valence-corrected chi connectivity index (χ2v) is 21.6. The van der Waals surface area contributed by atoms with Crippen LogP contribution in [-0.4, -0.2) is 143 Å². The lowest BCUT2D eigenvalue weighted by molar-refractivity contribution is -0.215. The van der Waals surface area contributed by atoms with Gasteiger partial charge in [-0.25, -0.2) is 10.0 Å². The highest BCUT2D eigenvalue weighted by Crippen LogP contribution is 2.35. The zero-order valence-electron chi connectivity index (χ0n) is 46.5. The van der Waals surface area contributed by atoms with Crippen LogP contribution in [0.3, 0.4) is 0 Å². The number of likely N-dealkylation sites (tertiary alicyclic amines) is 1. The minimum atomic E-state index is -1.37. The Hall–Kier alpha value is -7.01. The van der Waals surface area contributed by atoms with E-state index in [1.807, 2.05) is 34.7 Å². The molecule has 7 atom stereocenters. The van der Waals surface area contributed by atoms with E-state index >= 15 is 0 Å². The molecule has 24 nitrogen and oxygen atoms in total. The van der Waals surface area contributed by atoms with E-state index in [0.717, 1.165) is 37.1 Å². The van der Waals surface area contributed by atoms with Crippen LogP contribution < -0.4 is 37.6 Å². The summed E-state index contributed by atoms with van der Waals surface area (Å²) in [7, 11) is 1.93. The predicted molar refractivity (Wildman–Crippen MR) is 293 cm³/mol. The molecular formula is C54H80N10O14S. The standard InChI is InChI=1S/C54H80N10O14S/c1-10-12-15-24-77-64(52(74)47(33(5)11-2)50(73)62-42-16-13-14-23-63(42)9)39(32(3)4)26-40(78-34(6)65)51-61-41(31-79-51)60-48(71)36(27-54(7,8)53(75)76)25-35-17-19-37(20-18-35)58-49(72)38(21-22-46(69)70)59-45(68)30-57-44(67)29-56-43(66)28-55/h1,17-20,31-33,36,38-40,42,47H,11-16,21-30,55H2,2-9H3,(H,56,66)(H,57,67)(H,58,72)(H,59,68)(H,60,71)(H,62,73)(H,69,70)(H,75,76)/t33-,36-,38-,39+,40+,42+,47-/m0/s1. The number of hydrogen-bond acceptors (Lipinski definition) is 16. The zero-order chi connectivity index (χ0) is 59.0. The first-order chi connectivity index (χ1) is 37.3. The number of hydrogen-bond donors (Lipinski definition) is 9. The molecule has 1 aromatic heterocycles. The van der Waals surface area contributed by atoms with E-state index < -0.39 is 114 Å². The third kappa shape index (κ3) is 22.3. The first-order valence-corrected chi connectivity index (χ1v) is 27.4. The Balaban J connectivity index is 1.87. The van der Waals surface area contributed by atoms with Crippen molar-refractivity contribution in [2.75, 3.05) is 50.5 Å². The average molecular weight is 1130 g/mol. The number of benzene rings is 1. The van der Waals surface area contributed by atoms with E-state index in [4.69, 9.17) is 21.7 Å². The molecule has 3 rings (SSSR count). The van der Waals surface area contributed by atoms with Gasteiger partial charge in [-0.1, -0.05) is 46.2 Å². The van der Waals surface area contributed by atoms with Gasteiger partial charge in [-0.05, 0) is 102 Å². The molecule has 0 unspecified atom stereocenters. The summed E-state index contributed by atoms with van der Waals surface area (Å²) < 4.78 is 5.87. The fourth-order valence-electron chi connectivity index (χ4n) is 8.61. The van der Waals surface area contributed by atoms with E-state index in [1.54, 1.807) is 17.5 Å². The Bertz CT molecular complexity index is 2460. The number of unbranched alkanes of at least 4 members (excludes halogenated alkanes) is 1. The molecule has 79 heavy (non-hydrogen) atoms. The van der Waals surface area contributed by atoms with E-state index in [0.29, 0.717) is 24.8 Å². The summed E-state index contributed by atoms with van der Waals surface area (Å²) in [4.78, 5) is 142. The second kappa shape index (κ2) is 32.8. The van der Waals surface area contributed by atoms with Crippen molar-refractivity contribution < 1.29 is 67.7 Å². The summed E-state index contributed by atoms with van der Waals surface area (Å²) >= 11 is 1.08. The molecule has 10 N–H and O–H groups in total. The topological polar surface area (TPSA) is 347 Å². The number of carboxylic acids is 2. The summed E-state index contributed by atoms with van der Waals surface area (Å²) in [6.45, 7) is 11.2. The fourth-order valence-corrected chi connectivity index (χ4v) is 9.40. The minimum Gasteiger partial charge on any atom is -0.481 e. The van der Waals surface area contributed by atoms with Crippen molar-refractivity contribution in [3.05, 3.63) is 40.2 Å². The number of terminal acetylenes is 1. The molecule has 1 aliphatic rings. The number of aromatic nitrogens is 1. The molecule has 0 radical (unpaired) electrons. The van der Waals surface area contributed by atoms with Gasteiger partial charge in [0.05, 0.1) is 43.9 Å². The Morgan fingerprint density at radius 1 is 0.949 bits per heavy atom. The quantitative estimate of drug-likeness (QED) is 0.0163. The number of ether oxygens (including phenoxy) is 1. The van der Waals surface area contributed by atoms with Crippen LogP contribution in [0.1, 0.15) is 129 Å². The summed E-state index contributed by atoms with van der Waals surface area (Å²) in [5.41, 5.74) is 4.63. The van der Waals surface area contributed by atoms with E-state index in [-0.39, 0.29) is 73.3 Å². The van der Waals surface area contributed by atoms with Crippen LogP contribution in [-0.2, 0) is 63.9 Å². The lowest BCUT2D eigenvalue weighted by Gasteiger charge is -2.38. The molecule has 1 aromatic carbocycles. The van der Waals surface area contributed by atoms with Crippen LogP contribution >= 0.6 is 11.3 Å². The highest BCUT2D eigenvalue weighted by atomic mass is 32.1. The number of anilines is 2. The van der Waals surface area contributed by atoms with Crippen LogP contribution in [0.25, 0.3) is 0 Å². The lowest BCUT2D eigenvalue weighted by Crippen LogP contribution is -2.55. The molecule has 2 heterocycles. The van der Waals surface area contributed by atoms with Gasteiger partial charge in [0.15, 0.2) is 6.10 Å². The number of carbonyl (C=O) groups is 10. The first-order valence-electron chi connectivity index (χ1n) is 26.5. The largest absolute Gasteiger partial charge is 0.481 e. The van der Waals surface area contributed by atoms with Crippen LogP contribution in [0.2, 0.25) is 0 Å². The SMILES string of the molecule is C#CCCCON(C(=O)[C@H](C(=O)N[C@H]1CCCCN1C)[C@@H](C)CC)[C@H](C[C@@H](OC(C)=O)c1nc(NC(=O)[C@@H](Cc2ccc(NC(=O)[C@H](CCC(=O)O)NC(=O)CNC(=O)CNC(=O)CN)cc2)CC(C)(C)C(=O)O)cs1)C(C)C. The van der Waals surface area contributed by atoms with Crippen LogP contribution in [0.15, 0.2) is 29.6 Å². The highest BCUT2D eigenvalue weighted by molar-refractivity contribution is 7.10.